The van der Waals surface area contributed by atoms with E-state index in [1.165, 1.54) is 5.56 Å². The van der Waals surface area contributed by atoms with Crippen LogP contribution in [0.4, 0.5) is 13.2 Å². The molecule has 1 N–H and O–H groups in total. The maximum atomic E-state index is 12.8. The van der Waals surface area contributed by atoms with E-state index in [1.54, 1.807) is 0 Å². The van der Waals surface area contributed by atoms with Crippen molar-refractivity contribution in [3.8, 4) is 0 Å². The summed E-state index contributed by atoms with van der Waals surface area (Å²) in [6, 6.07) is 10.0. The van der Waals surface area contributed by atoms with Crippen LogP contribution < -0.4 is 0 Å². The molecule has 0 radical (unpaired) electrons. The van der Waals surface area contributed by atoms with Crippen LogP contribution >= 0.6 is 0 Å². The van der Waals surface area contributed by atoms with Crippen LogP contribution in [0.1, 0.15) is 37.2 Å². The minimum absolute atomic E-state index is 0.0241. The lowest BCUT2D eigenvalue weighted by atomic mass is 9.70. The highest BCUT2D eigenvalue weighted by atomic mass is 19.4. The van der Waals surface area contributed by atoms with E-state index in [1.807, 2.05) is 18.2 Å². The van der Waals surface area contributed by atoms with Crippen LogP contribution in [0.5, 0.6) is 0 Å². The van der Waals surface area contributed by atoms with Crippen molar-refractivity contribution in [1.29, 1.82) is 0 Å². The molecule has 1 saturated heterocycles. The maximum Gasteiger partial charge on any atom is 0.419 e. The number of halogens is 3. The van der Waals surface area contributed by atoms with Crippen LogP contribution in [0.2, 0.25) is 0 Å². The summed E-state index contributed by atoms with van der Waals surface area (Å²) in [5.41, 5.74) is -1.49. The summed E-state index contributed by atoms with van der Waals surface area (Å²) < 4.78 is 38.3. The number of aliphatic hydroxyl groups is 1. The lowest BCUT2D eigenvalue weighted by Crippen LogP contribution is -2.48. The van der Waals surface area contributed by atoms with E-state index in [4.69, 9.17) is 0 Å². The molecule has 23 heavy (non-hydrogen) atoms. The van der Waals surface area contributed by atoms with E-state index in [2.05, 4.69) is 12.1 Å². The Morgan fingerprint density at radius 3 is 2.48 bits per heavy atom. The third kappa shape index (κ3) is 3.22. The van der Waals surface area contributed by atoms with Gasteiger partial charge in [-0.1, -0.05) is 30.3 Å². The molecule has 0 spiro atoms. The van der Waals surface area contributed by atoms with Crippen molar-refractivity contribution in [2.75, 3.05) is 13.1 Å². The van der Waals surface area contributed by atoms with Gasteiger partial charge in [0.2, 0.25) is 5.91 Å². The van der Waals surface area contributed by atoms with Gasteiger partial charge in [0.15, 0.2) is 5.60 Å². The summed E-state index contributed by atoms with van der Waals surface area (Å²) in [6.45, 7) is -0.659. The van der Waals surface area contributed by atoms with Crippen molar-refractivity contribution < 1.29 is 23.1 Å². The summed E-state index contributed by atoms with van der Waals surface area (Å²) in [7, 11) is 0. The Morgan fingerprint density at radius 1 is 1.26 bits per heavy atom. The number of amides is 1. The van der Waals surface area contributed by atoms with E-state index in [-0.39, 0.29) is 24.8 Å². The molecule has 1 atom stereocenters. The van der Waals surface area contributed by atoms with Crippen molar-refractivity contribution in [2.24, 2.45) is 5.92 Å². The zero-order chi connectivity index (χ0) is 16.7. The first-order valence-corrected chi connectivity index (χ1v) is 7.90. The van der Waals surface area contributed by atoms with Crippen molar-refractivity contribution in [2.45, 2.75) is 43.4 Å². The smallest absolute Gasteiger partial charge is 0.379 e. The number of hydrogen-bond acceptors (Lipinski definition) is 2. The minimum atomic E-state index is -4.68. The fraction of sp³-hybridized carbons (Fsp3) is 0.588. The molecule has 2 aliphatic rings. The Bertz CT molecular complexity index is 569. The van der Waals surface area contributed by atoms with Gasteiger partial charge in [0, 0.05) is 19.4 Å². The highest BCUT2D eigenvalue weighted by Gasteiger charge is 2.57. The summed E-state index contributed by atoms with van der Waals surface area (Å²) in [6.07, 6.45) is -3.05. The first kappa shape index (κ1) is 16.3. The molecule has 0 bridgehead atoms. The molecule has 0 unspecified atom stereocenters. The summed E-state index contributed by atoms with van der Waals surface area (Å²) in [5, 5.41) is 9.62. The quantitative estimate of drug-likeness (QED) is 0.927. The molecular weight excluding hydrogens is 307 g/mol. The topological polar surface area (TPSA) is 40.5 Å². The second-order valence-corrected chi connectivity index (χ2v) is 6.74. The standard InChI is InChI=1S/C17H20F3NO2/c18-17(19,20)16(23)6-7-21(11-16)15(22)10-12-8-14(9-12)13-4-2-1-3-5-13/h1-5,12,14,23H,6-11H2/t12?,14?,16-/m1/s1. The van der Waals surface area contributed by atoms with Crippen molar-refractivity contribution >= 4 is 5.91 Å². The average molecular weight is 327 g/mol. The molecule has 0 aromatic heterocycles. The van der Waals surface area contributed by atoms with Gasteiger partial charge in [0.25, 0.3) is 0 Å². The van der Waals surface area contributed by atoms with Gasteiger partial charge >= 0.3 is 6.18 Å². The molecule has 3 rings (SSSR count). The zero-order valence-corrected chi connectivity index (χ0v) is 12.7. The van der Waals surface area contributed by atoms with Gasteiger partial charge in [-0.3, -0.25) is 4.79 Å². The molecule has 1 aliphatic heterocycles. The number of benzene rings is 1. The van der Waals surface area contributed by atoms with E-state index >= 15 is 0 Å². The van der Waals surface area contributed by atoms with Crippen molar-refractivity contribution in [1.82, 2.24) is 4.90 Å². The predicted octanol–water partition coefficient (Wildman–Crippen LogP) is 3.10. The predicted molar refractivity (Wildman–Crippen MR) is 78.7 cm³/mol. The van der Waals surface area contributed by atoms with E-state index in [9.17, 15) is 23.1 Å². The zero-order valence-electron chi connectivity index (χ0n) is 12.7. The molecule has 1 aromatic carbocycles. The minimum Gasteiger partial charge on any atom is -0.379 e. The van der Waals surface area contributed by atoms with Crippen molar-refractivity contribution in [3.63, 3.8) is 0 Å². The van der Waals surface area contributed by atoms with Crippen molar-refractivity contribution in [3.05, 3.63) is 35.9 Å². The molecule has 1 amide bonds. The van der Waals surface area contributed by atoms with E-state index < -0.39 is 24.7 Å². The largest absolute Gasteiger partial charge is 0.419 e. The highest BCUT2D eigenvalue weighted by molar-refractivity contribution is 5.77. The molecule has 1 heterocycles. The van der Waals surface area contributed by atoms with Crippen LogP contribution in [0, 0.1) is 5.92 Å². The van der Waals surface area contributed by atoms with Crippen LogP contribution in [0.3, 0.4) is 0 Å². The Balaban J connectivity index is 1.49. The number of β-amino-alcohol motifs (C(OH)–C–C–N with tert-alkyl or cyclic N) is 1. The third-order valence-corrected chi connectivity index (χ3v) is 5.10. The highest BCUT2D eigenvalue weighted by Crippen LogP contribution is 2.44. The average Bonchev–Trinajstić information content (AvgIpc) is 2.87. The molecular formula is C17H20F3NO2. The molecule has 3 nitrogen and oxygen atoms in total. The summed E-state index contributed by atoms with van der Waals surface area (Å²) in [5.74, 6) is 0.397. The van der Waals surface area contributed by atoms with Gasteiger partial charge in [0.1, 0.15) is 0 Å². The Kier molecular flexibility index (Phi) is 4.12. The second-order valence-electron chi connectivity index (χ2n) is 6.74. The Hall–Kier alpha value is -1.56. The molecule has 1 saturated carbocycles. The number of nitrogens with zero attached hydrogens (tertiary/aromatic N) is 1. The molecule has 2 fully saturated rings. The number of alkyl halides is 3. The Labute approximate surface area is 133 Å². The van der Waals surface area contributed by atoms with E-state index in [0.29, 0.717) is 5.92 Å². The third-order valence-electron chi connectivity index (χ3n) is 5.10. The SMILES string of the molecule is O=C(CC1CC(c2ccccc2)C1)N1CC[C@](O)(C(F)(F)F)C1. The molecule has 1 aliphatic carbocycles. The maximum absolute atomic E-state index is 12.8. The summed E-state index contributed by atoms with van der Waals surface area (Å²) in [4.78, 5) is 13.3. The number of carbonyl (C=O) groups excluding carboxylic acids is 1. The van der Waals surface area contributed by atoms with E-state index in [0.717, 1.165) is 17.7 Å². The lowest BCUT2D eigenvalue weighted by Gasteiger charge is -2.36. The van der Waals surface area contributed by atoms with Crippen LogP contribution in [-0.4, -0.2) is 40.8 Å². The fourth-order valence-corrected chi connectivity index (χ4v) is 3.51. The molecule has 1 aromatic rings. The molecule has 126 valence electrons. The second kappa shape index (κ2) is 5.82. The number of rotatable bonds is 3. The first-order valence-electron chi connectivity index (χ1n) is 7.90. The first-order chi connectivity index (χ1) is 10.8. The van der Waals surface area contributed by atoms with Gasteiger partial charge in [-0.05, 0) is 30.2 Å². The van der Waals surface area contributed by atoms with Gasteiger partial charge in [-0.25, -0.2) is 0 Å². The lowest BCUT2D eigenvalue weighted by molar-refractivity contribution is -0.253. The number of likely N-dealkylation sites (tertiary alicyclic amines) is 1. The van der Waals surface area contributed by atoms with Gasteiger partial charge in [-0.2, -0.15) is 13.2 Å². The normalized spacial score (nSPS) is 31.0. The molecule has 6 heteroatoms. The number of carbonyl (C=O) groups is 1. The van der Waals surface area contributed by atoms with Crippen LogP contribution in [0.25, 0.3) is 0 Å². The Morgan fingerprint density at radius 2 is 1.91 bits per heavy atom. The fourth-order valence-electron chi connectivity index (χ4n) is 3.51. The number of hydrogen-bond donors (Lipinski definition) is 1. The monoisotopic (exact) mass is 327 g/mol. The van der Waals surface area contributed by atoms with Crippen LogP contribution in [0.15, 0.2) is 30.3 Å². The summed E-state index contributed by atoms with van der Waals surface area (Å²) >= 11 is 0. The van der Waals surface area contributed by atoms with Gasteiger partial charge in [0.05, 0.1) is 6.54 Å². The van der Waals surface area contributed by atoms with Crippen LogP contribution in [-0.2, 0) is 4.79 Å². The van der Waals surface area contributed by atoms with Gasteiger partial charge in [-0.15, -0.1) is 0 Å². The van der Waals surface area contributed by atoms with Gasteiger partial charge < -0.3 is 10.0 Å².